The van der Waals surface area contributed by atoms with Crippen LogP contribution in [0, 0.1) is 0 Å². The zero-order valence-electron chi connectivity index (χ0n) is 17.5. The first kappa shape index (κ1) is 23.3. The Morgan fingerprint density at radius 2 is 1.61 bits per heavy atom. The molecule has 0 aromatic rings. The Morgan fingerprint density at radius 3 is 2.00 bits per heavy atom. The zero-order chi connectivity index (χ0) is 18.5. The van der Waals surface area contributed by atoms with Gasteiger partial charge in [0.25, 0.3) is 0 Å². The molecule has 0 fully saturated rings. The molecule has 23 heavy (non-hydrogen) atoms. The second-order valence-corrected chi connectivity index (χ2v) is 22.3. The van der Waals surface area contributed by atoms with E-state index in [1.807, 2.05) is 5.70 Å². The van der Waals surface area contributed by atoms with Gasteiger partial charge in [-0.25, -0.2) is 0 Å². The molecule has 2 atom stereocenters. The molecule has 5 heteroatoms. The molecular weight excluding hydrogens is 332 g/mol. The van der Waals surface area contributed by atoms with Gasteiger partial charge in [0.15, 0.2) is 0 Å². The summed E-state index contributed by atoms with van der Waals surface area (Å²) in [4.78, 5) is 0. The Balaban J connectivity index is 5.23. The van der Waals surface area contributed by atoms with Crippen LogP contribution < -0.4 is 0 Å². The smallest absolute Gasteiger partial charge is 0.216 e. The predicted molar refractivity (Wildman–Crippen MR) is 113 cm³/mol. The van der Waals surface area contributed by atoms with Crippen molar-refractivity contribution in [2.45, 2.75) is 103 Å². The fraction of sp³-hybridized carbons (Fsp3) is 0.889. The summed E-state index contributed by atoms with van der Waals surface area (Å²) in [5, 5.41) is -0.152. The zero-order valence-corrected chi connectivity index (χ0v) is 20.5. The van der Waals surface area contributed by atoms with Crippen molar-refractivity contribution in [3.63, 3.8) is 0 Å². The molecule has 2 unspecified atom stereocenters. The lowest BCUT2D eigenvalue weighted by Gasteiger charge is -2.48. The van der Waals surface area contributed by atoms with Crippen molar-refractivity contribution in [3.05, 3.63) is 12.3 Å². The lowest BCUT2D eigenvalue weighted by atomic mass is 10.3. The fourth-order valence-electron chi connectivity index (χ4n) is 2.80. The van der Waals surface area contributed by atoms with E-state index in [0.29, 0.717) is 5.73 Å². The molecule has 138 valence electrons. The summed E-state index contributed by atoms with van der Waals surface area (Å²) in [6.45, 7) is 27.1. The first-order valence-corrected chi connectivity index (χ1v) is 18.5. The van der Waals surface area contributed by atoms with Crippen LogP contribution in [0.1, 0.15) is 47.0 Å². The van der Waals surface area contributed by atoms with E-state index in [0.717, 1.165) is 6.42 Å². The molecule has 0 amide bonds. The van der Waals surface area contributed by atoms with Gasteiger partial charge in [0, 0.05) is 5.73 Å². The maximum Gasteiger partial charge on any atom is 0.216 e. The van der Waals surface area contributed by atoms with Crippen LogP contribution in [0.2, 0.25) is 45.3 Å². The molecule has 0 radical (unpaired) electrons. The molecule has 0 aliphatic heterocycles. The third-order valence-corrected chi connectivity index (χ3v) is 16.0. The maximum atomic E-state index is 6.81. The van der Waals surface area contributed by atoms with Crippen molar-refractivity contribution in [1.29, 1.82) is 0 Å². The van der Waals surface area contributed by atoms with E-state index in [1.165, 1.54) is 18.9 Å². The number of hydrogen-bond donors (Lipinski definition) is 0. The quantitative estimate of drug-likeness (QED) is 0.395. The van der Waals surface area contributed by atoms with Crippen molar-refractivity contribution in [1.82, 2.24) is 0 Å². The maximum absolute atomic E-state index is 6.81. The van der Waals surface area contributed by atoms with Gasteiger partial charge in [0.1, 0.15) is 0 Å². The highest BCUT2D eigenvalue weighted by molar-refractivity contribution is 6.82. The second-order valence-electron chi connectivity index (χ2n) is 8.86. The van der Waals surface area contributed by atoms with Gasteiger partial charge in [0.2, 0.25) is 16.6 Å². The summed E-state index contributed by atoms with van der Waals surface area (Å²) in [7, 11) is -5.17. The van der Waals surface area contributed by atoms with Gasteiger partial charge in [-0.05, 0) is 46.5 Å². The first-order valence-electron chi connectivity index (χ1n) is 9.28. The Morgan fingerprint density at radius 1 is 1.09 bits per heavy atom. The summed E-state index contributed by atoms with van der Waals surface area (Å²) < 4.78 is 13.5. The van der Waals surface area contributed by atoms with Gasteiger partial charge in [-0.3, -0.25) is 0 Å². The molecule has 0 aliphatic rings. The van der Waals surface area contributed by atoms with E-state index >= 15 is 0 Å². The van der Waals surface area contributed by atoms with E-state index in [4.69, 9.17) is 8.85 Å². The Hall–Kier alpha value is 0.311. The van der Waals surface area contributed by atoms with Crippen LogP contribution in [0.5, 0.6) is 0 Å². The third-order valence-electron chi connectivity index (χ3n) is 5.67. The minimum absolute atomic E-state index is 0.152. The third kappa shape index (κ3) is 6.61. The van der Waals surface area contributed by atoms with Crippen molar-refractivity contribution in [2.24, 2.45) is 0 Å². The topological polar surface area (TPSA) is 18.5 Å². The highest BCUT2D eigenvalue weighted by Gasteiger charge is 2.49. The normalized spacial score (nSPS) is 17.7. The van der Waals surface area contributed by atoms with Crippen LogP contribution in [0.3, 0.4) is 0 Å². The van der Waals surface area contributed by atoms with Gasteiger partial charge in [-0.15, -0.1) is 6.58 Å². The molecule has 0 bridgehead atoms. The van der Waals surface area contributed by atoms with Gasteiger partial charge in [0.05, 0.1) is 13.3 Å². The minimum atomic E-state index is -2.00. The number of unbranched alkanes of at least 4 members (excludes halogenated alkanes) is 1. The fourth-order valence-corrected chi connectivity index (χ4v) is 11.8. The first-order chi connectivity index (χ1) is 10.3. The summed E-state index contributed by atoms with van der Waals surface area (Å²) in [5.74, 6) is 0. The van der Waals surface area contributed by atoms with Crippen LogP contribution in [0.15, 0.2) is 12.3 Å². The molecule has 0 rings (SSSR count). The summed E-state index contributed by atoms with van der Waals surface area (Å²) in [6, 6.07) is 1.35. The summed E-state index contributed by atoms with van der Waals surface area (Å²) in [5.41, 5.74) is 2.42. The largest absolute Gasteiger partial charge is 0.415 e. The average molecular weight is 375 g/mol. The van der Waals surface area contributed by atoms with Crippen LogP contribution in [-0.2, 0) is 8.85 Å². The van der Waals surface area contributed by atoms with Crippen molar-refractivity contribution in [3.8, 4) is 0 Å². The lowest BCUT2D eigenvalue weighted by Crippen LogP contribution is -2.62. The molecule has 0 saturated carbocycles. The standard InChI is InChI=1S/C18H42O2Si3/c1-12-15-16-21(6,7)17(4)19-23(10,11)18(5,13-2)20-22(8,9)14-3/h14,17H,3,12-13,15-16H2,1-2,4-11H3. The van der Waals surface area contributed by atoms with E-state index in [1.54, 1.807) is 0 Å². The highest BCUT2D eigenvalue weighted by Crippen LogP contribution is 2.35. The average Bonchev–Trinajstić information content (AvgIpc) is 2.43. The minimum Gasteiger partial charge on any atom is -0.415 e. The molecule has 2 nitrogen and oxygen atoms in total. The predicted octanol–water partition coefficient (Wildman–Crippen LogP) is 6.30. The number of hydrogen-bond acceptors (Lipinski definition) is 2. The lowest BCUT2D eigenvalue weighted by molar-refractivity contribution is 0.113. The summed E-state index contributed by atoms with van der Waals surface area (Å²) in [6.07, 6.45) is 3.60. The van der Waals surface area contributed by atoms with Crippen molar-refractivity contribution in [2.75, 3.05) is 0 Å². The highest BCUT2D eigenvalue weighted by atomic mass is 28.4. The molecule has 0 spiro atoms. The van der Waals surface area contributed by atoms with Gasteiger partial charge < -0.3 is 8.85 Å². The number of rotatable bonds is 11. The molecule has 0 saturated heterocycles. The van der Waals surface area contributed by atoms with Crippen LogP contribution >= 0.6 is 0 Å². The molecule has 0 aromatic heterocycles. The molecule has 0 aromatic carbocycles. The Labute approximate surface area is 149 Å². The Kier molecular flexibility index (Phi) is 8.72. The molecule has 0 N–H and O–H groups in total. The molecule has 0 aliphatic carbocycles. The van der Waals surface area contributed by atoms with E-state index in [2.05, 4.69) is 73.6 Å². The Bertz CT molecular complexity index is 380. The van der Waals surface area contributed by atoms with E-state index < -0.39 is 24.7 Å². The van der Waals surface area contributed by atoms with Gasteiger partial charge in [-0.1, -0.05) is 51.5 Å². The van der Waals surface area contributed by atoms with Crippen LogP contribution in [-0.4, -0.2) is 35.7 Å². The van der Waals surface area contributed by atoms with E-state index in [-0.39, 0.29) is 5.22 Å². The van der Waals surface area contributed by atoms with Crippen molar-refractivity contribution >= 4 is 24.7 Å². The van der Waals surface area contributed by atoms with Crippen LogP contribution in [0.25, 0.3) is 0 Å². The molecule has 0 heterocycles. The molecular formula is C18H42O2Si3. The van der Waals surface area contributed by atoms with Crippen LogP contribution in [0.4, 0.5) is 0 Å². The second kappa shape index (κ2) is 8.61. The van der Waals surface area contributed by atoms with Gasteiger partial charge >= 0.3 is 0 Å². The SMILES string of the molecule is C=C[Si](C)(C)OC(C)(CC)[Si](C)(C)OC(C)[Si](C)(C)CCCC. The van der Waals surface area contributed by atoms with E-state index in [9.17, 15) is 0 Å². The van der Waals surface area contributed by atoms with Crippen molar-refractivity contribution < 1.29 is 8.85 Å². The monoisotopic (exact) mass is 374 g/mol. The van der Waals surface area contributed by atoms with Gasteiger partial charge in [-0.2, -0.15) is 0 Å². The summed E-state index contributed by atoms with van der Waals surface area (Å²) >= 11 is 0.